The van der Waals surface area contributed by atoms with Crippen molar-refractivity contribution in [2.24, 2.45) is 0 Å². The van der Waals surface area contributed by atoms with E-state index in [4.69, 9.17) is 18.8 Å². The molecule has 2 saturated heterocycles. The van der Waals surface area contributed by atoms with Crippen molar-refractivity contribution >= 4 is 18.7 Å². The van der Waals surface area contributed by atoms with Gasteiger partial charge in [-0.1, -0.05) is 12.1 Å². The maximum absolute atomic E-state index is 12.4. The van der Waals surface area contributed by atoms with Crippen LogP contribution in [0.5, 0.6) is 5.75 Å². The fraction of sp³-hybridized carbons (Fsp3) is 0.682. The molecule has 1 amide bonds. The minimum absolute atomic E-state index is 0.0381. The highest BCUT2D eigenvalue weighted by molar-refractivity contribution is 6.61. The molecular weight excluding hydrogens is 369 g/mol. The summed E-state index contributed by atoms with van der Waals surface area (Å²) in [5.41, 5.74) is 0.287. The third kappa shape index (κ3) is 6.13. The summed E-state index contributed by atoms with van der Waals surface area (Å²) in [6, 6.07) is 7.86. The van der Waals surface area contributed by atoms with Crippen molar-refractivity contribution in [3.8, 4) is 5.75 Å². The number of hydrogen-bond donors (Lipinski definition) is 0. The van der Waals surface area contributed by atoms with E-state index >= 15 is 0 Å². The Balaban J connectivity index is 1.55. The van der Waals surface area contributed by atoms with Crippen LogP contribution in [0.25, 0.3) is 0 Å². The van der Waals surface area contributed by atoms with Crippen LogP contribution >= 0.6 is 0 Å². The molecular formula is C22H34BNO5. The van der Waals surface area contributed by atoms with Gasteiger partial charge in [-0.3, -0.25) is 0 Å². The second kappa shape index (κ2) is 8.56. The van der Waals surface area contributed by atoms with Gasteiger partial charge < -0.3 is 23.7 Å². The highest BCUT2D eigenvalue weighted by atomic mass is 16.6. The quantitative estimate of drug-likeness (QED) is 0.717. The molecule has 0 radical (unpaired) electrons. The van der Waals surface area contributed by atoms with Crippen LogP contribution in [0.4, 0.5) is 4.79 Å². The molecule has 0 spiro atoms. The summed E-state index contributed by atoms with van der Waals surface area (Å²) in [4.78, 5) is 14.2. The minimum Gasteiger partial charge on any atom is -0.491 e. The Kier molecular flexibility index (Phi) is 6.49. The number of rotatable bonds is 4. The molecule has 0 aromatic heterocycles. The van der Waals surface area contributed by atoms with Crippen molar-refractivity contribution in [1.29, 1.82) is 0 Å². The second-order valence-corrected chi connectivity index (χ2v) is 9.71. The van der Waals surface area contributed by atoms with E-state index in [0.29, 0.717) is 13.2 Å². The highest BCUT2D eigenvalue weighted by Crippen LogP contribution is 2.26. The summed E-state index contributed by atoms with van der Waals surface area (Å²) >= 11 is 0. The smallest absolute Gasteiger partial charge is 0.491 e. The van der Waals surface area contributed by atoms with E-state index < -0.39 is 5.60 Å². The number of carbonyl (C=O) groups excluding carboxylic acids is 1. The maximum atomic E-state index is 12.4. The van der Waals surface area contributed by atoms with Crippen LogP contribution in [-0.4, -0.2) is 54.6 Å². The first kappa shape index (κ1) is 22.0. The third-order valence-electron chi connectivity index (χ3n) is 5.16. The first-order valence-corrected chi connectivity index (χ1v) is 10.6. The standard InChI is InChI=1S/C22H34BNO5/c1-16-14-22(5,6)29-23(28-16)17-9-11-19(12-10-17)26-15-18-8-7-13-24(18)20(25)27-21(2,3)4/h9-12,16,18H,7-8,13-15H2,1-6H3. The first-order valence-electron chi connectivity index (χ1n) is 10.6. The van der Waals surface area contributed by atoms with E-state index in [1.807, 2.05) is 45.0 Å². The zero-order chi connectivity index (χ0) is 21.2. The summed E-state index contributed by atoms with van der Waals surface area (Å²) in [5.74, 6) is 0.771. The molecule has 0 bridgehead atoms. The van der Waals surface area contributed by atoms with Crippen molar-refractivity contribution < 1.29 is 23.6 Å². The Morgan fingerprint density at radius 2 is 1.97 bits per heavy atom. The van der Waals surface area contributed by atoms with Gasteiger partial charge in [-0.25, -0.2) is 4.79 Å². The van der Waals surface area contributed by atoms with Gasteiger partial charge in [-0.05, 0) is 78.4 Å². The molecule has 6 nitrogen and oxygen atoms in total. The fourth-order valence-electron chi connectivity index (χ4n) is 3.95. The van der Waals surface area contributed by atoms with E-state index in [-0.39, 0.29) is 31.0 Å². The predicted molar refractivity (Wildman–Crippen MR) is 114 cm³/mol. The lowest BCUT2D eigenvalue weighted by Crippen LogP contribution is -2.51. The van der Waals surface area contributed by atoms with Gasteiger partial charge in [-0.15, -0.1) is 0 Å². The van der Waals surface area contributed by atoms with Gasteiger partial charge in [0.1, 0.15) is 18.0 Å². The zero-order valence-electron chi connectivity index (χ0n) is 18.6. The lowest BCUT2D eigenvalue weighted by molar-refractivity contribution is -0.0230. The molecule has 2 aliphatic heterocycles. The second-order valence-electron chi connectivity index (χ2n) is 9.71. The molecule has 3 rings (SSSR count). The van der Waals surface area contributed by atoms with Crippen molar-refractivity contribution in [2.75, 3.05) is 13.2 Å². The number of amides is 1. The largest absolute Gasteiger partial charge is 0.494 e. The van der Waals surface area contributed by atoms with Crippen LogP contribution in [0, 0.1) is 0 Å². The number of likely N-dealkylation sites (tertiary alicyclic amines) is 1. The first-order chi connectivity index (χ1) is 13.5. The lowest BCUT2D eigenvalue weighted by atomic mass is 9.75. The maximum Gasteiger partial charge on any atom is 0.494 e. The molecule has 2 heterocycles. The SMILES string of the molecule is CC1CC(C)(C)OB(c2ccc(OCC3CCCN3C(=O)OC(C)(C)C)cc2)O1. The molecule has 2 atom stereocenters. The molecule has 160 valence electrons. The molecule has 0 N–H and O–H groups in total. The fourth-order valence-corrected chi connectivity index (χ4v) is 3.95. The van der Waals surface area contributed by atoms with Gasteiger partial charge in [0.15, 0.2) is 0 Å². The number of benzene rings is 1. The Bertz CT molecular complexity index is 700. The number of carbonyl (C=O) groups is 1. The van der Waals surface area contributed by atoms with Crippen LogP contribution in [0.2, 0.25) is 0 Å². The summed E-state index contributed by atoms with van der Waals surface area (Å²) in [5, 5.41) is 0. The molecule has 2 aliphatic rings. The molecule has 1 aromatic carbocycles. The van der Waals surface area contributed by atoms with E-state index in [0.717, 1.165) is 30.5 Å². The monoisotopic (exact) mass is 403 g/mol. The van der Waals surface area contributed by atoms with Gasteiger partial charge >= 0.3 is 13.2 Å². The van der Waals surface area contributed by atoms with E-state index in [2.05, 4.69) is 20.8 Å². The van der Waals surface area contributed by atoms with Crippen LogP contribution in [0.1, 0.15) is 60.8 Å². The normalized spacial score (nSPS) is 24.5. The molecule has 1 aromatic rings. The van der Waals surface area contributed by atoms with Gasteiger partial charge in [0, 0.05) is 12.6 Å². The van der Waals surface area contributed by atoms with Crippen LogP contribution in [0.15, 0.2) is 24.3 Å². The topological polar surface area (TPSA) is 57.2 Å². The number of hydrogen-bond acceptors (Lipinski definition) is 5. The van der Waals surface area contributed by atoms with Crippen LogP contribution in [0.3, 0.4) is 0 Å². The lowest BCUT2D eigenvalue weighted by Gasteiger charge is -2.38. The molecule has 2 unspecified atom stereocenters. The predicted octanol–water partition coefficient (Wildman–Crippen LogP) is 3.76. The average molecular weight is 403 g/mol. The molecule has 7 heteroatoms. The van der Waals surface area contributed by atoms with Crippen molar-refractivity contribution in [2.45, 2.75) is 84.2 Å². The third-order valence-corrected chi connectivity index (χ3v) is 5.16. The van der Waals surface area contributed by atoms with Crippen molar-refractivity contribution in [1.82, 2.24) is 4.90 Å². The van der Waals surface area contributed by atoms with E-state index in [1.165, 1.54) is 0 Å². The van der Waals surface area contributed by atoms with Gasteiger partial charge in [0.25, 0.3) is 0 Å². The average Bonchev–Trinajstić information content (AvgIpc) is 3.06. The molecule has 0 saturated carbocycles. The van der Waals surface area contributed by atoms with Gasteiger partial charge in [-0.2, -0.15) is 0 Å². The molecule has 0 aliphatic carbocycles. The zero-order valence-corrected chi connectivity index (χ0v) is 18.6. The van der Waals surface area contributed by atoms with Crippen LogP contribution in [-0.2, 0) is 14.0 Å². The van der Waals surface area contributed by atoms with E-state index in [9.17, 15) is 4.79 Å². The Hall–Kier alpha value is -1.73. The minimum atomic E-state index is -0.490. The number of ether oxygens (including phenoxy) is 2. The van der Waals surface area contributed by atoms with Crippen LogP contribution < -0.4 is 10.2 Å². The Labute approximate surface area is 175 Å². The summed E-state index contributed by atoms with van der Waals surface area (Å²) in [7, 11) is -0.361. The Morgan fingerprint density at radius 1 is 1.28 bits per heavy atom. The molecule has 29 heavy (non-hydrogen) atoms. The van der Waals surface area contributed by atoms with Gasteiger partial charge in [0.05, 0.1) is 11.6 Å². The van der Waals surface area contributed by atoms with Gasteiger partial charge in [0.2, 0.25) is 0 Å². The summed E-state index contributed by atoms with van der Waals surface area (Å²) in [6.45, 7) is 13.1. The summed E-state index contributed by atoms with van der Waals surface area (Å²) < 4.78 is 23.5. The highest BCUT2D eigenvalue weighted by Gasteiger charge is 2.38. The molecule has 2 fully saturated rings. The van der Waals surface area contributed by atoms with Crippen molar-refractivity contribution in [3.63, 3.8) is 0 Å². The summed E-state index contributed by atoms with van der Waals surface area (Å²) in [6.07, 6.45) is 2.66. The van der Waals surface area contributed by atoms with E-state index in [1.54, 1.807) is 4.90 Å². The van der Waals surface area contributed by atoms with Crippen molar-refractivity contribution in [3.05, 3.63) is 24.3 Å². The number of nitrogens with zero attached hydrogens (tertiary/aromatic N) is 1. The Morgan fingerprint density at radius 3 is 2.59 bits per heavy atom.